The Bertz CT molecular complexity index is 659. The molecule has 4 nitrogen and oxygen atoms in total. The molecule has 1 radical (unpaired) electrons. The van der Waals surface area contributed by atoms with Crippen LogP contribution in [-0.4, -0.2) is 16.7 Å². The van der Waals surface area contributed by atoms with E-state index >= 15 is 0 Å². The first-order chi connectivity index (χ1) is 9.74. The largest absolute Gasteiger partial charge is 0.461 e. The van der Waals surface area contributed by atoms with Gasteiger partial charge in [-0.05, 0) is 23.8 Å². The zero-order valence-corrected chi connectivity index (χ0v) is 15.2. The van der Waals surface area contributed by atoms with E-state index < -0.39 is 0 Å². The summed E-state index contributed by atoms with van der Waals surface area (Å²) in [7, 11) is 0. The third-order valence-corrected chi connectivity index (χ3v) is 3.16. The second-order valence-electron chi connectivity index (χ2n) is 4.57. The van der Waals surface area contributed by atoms with E-state index in [1.54, 1.807) is 18.2 Å². The smallest absolute Gasteiger partial charge is 0.228 e. The van der Waals surface area contributed by atoms with Crippen LogP contribution in [0.3, 0.4) is 0 Å². The SMILES string of the molecule is O=C([CH-]N1Cc2ccccc2C1=O)Nc1ccccc1.[CH3-].[Y]. The number of amides is 2. The number of fused-ring (bicyclic) bond motifs is 1. The van der Waals surface area contributed by atoms with Crippen LogP contribution in [0, 0.1) is 14.0 Å². The van der Waals surface area contributed by atoms with E-state index in [0.29, 0.717) is 17.8 Å². The number of nitrogens with one attached hydrogen (secondary N) is 1. The van der Waals surface area contributed by atoms with Crippen molar-refractivity contribution in [2.45, 2.75) is 6.54 Å². The maximum atomic E-state index is 12.1. The third kappa shape index (κ3) is 3.96. The summed E-state index contributed by atoms with van der Waals surface area (Å²) in [6.45, 7) is 1.76. The van der Waals surface area contributed by atoms with Gasteiger partial charge in [0.05, 0.1) is 0 Å². The molecule has 0 fully saturated rings. The summed E-state index contributed by atoms with van der Waals surface area (Å²) in [5.41, 5.74) is 2.32. The molecule has 0 aromatic heterocycles. The van der Waals surface area contributed by atoms with Crippen LogP contribution in [-0.2, 0) is 44.0 Å². The average molecular weight is 369 g/mol. The monoisotopic (exact) mass is 369 g/mol. The van der Waals surface area contributed by atoms with E-state index in [-0.39, 0.29) is 52.0 Å². The standard InChI is InChI=1S/C16H13N2O2.CH3.Y/c19-15(17-13-7-2-1-3-8-13)11-18-10-12-6-4-5-9-14(12)16(18)20;;/h1-9,11H,10H2,(H,17,19);1H3;/q2*-1;. The molecule has 0 saturated heterocycles. The van der Waals surface area contributed by atoms with Crippen molar-refractivity contribution < 1.29 is 42.3 Å². The zero-order valence-electron chi connectivity index (χ0n) is 12.3. The summed E-state index contributed by atoms with van der Waals surface area (Å²) in [6.07, 6.45) is 0. The van der Waals surface area contributed by atoms with E-state index in [4.69, 9.17) is 0 Å². The van der Waals surface area contributed by atoms with Gasteiger partial charge in [0.2, 0.25) is 5.91 Å². The van der Waals surface area contributed by atoms with Gasteiger partial charge >= 0.3 is 0 Å². The van der Waals surface area contributed by atoms with Crippen molar-refractivity contribution in [2.24, 2.45) is 0 Å². The summed E-state index contributed by atoms with van der Waals surface area (Å²) in [5.74, 6) is -0.443. The minimum atomic E-state index is -0.308. The van der Waals surface area contributed by atoms with Gasteiger partial charge in [0.1, 0.15) is 5.91 Å². The molecule has 5 heteroatoms. The van der Waals surface area contributed by atoms with Crippen LogP contribution in [0.25, 0.3) is 0 Å². The van der Waals surface area contributed by atoms with E-state index in [9.17, 15) is 9.59 Å². The molecule has 0 atom stereocenters. The van der Waals surface area contributed by atoms with Crippen molar-refractivity contribution in [2.75, 3.05) is 5.32 Å². The van der Waals surface area contributed by atoms with E-state index in [1.807, 2.05) is 36.4 Å². The second-order valence-corrected chi connectivity index (χ2v) is 4.57. The molecular formula is C17H16N2O2Y-2. The molecule has 2 aromatic rings. The summed E-state index contributed by atoms with van der Waals surface area (Å²) in [4.78, 5) is 25.4. The Hall–Kier alpha value is -1.65. The van der Waals surface area contributed by atoms with E-state index in [1.165, 1.54) is 11.4 Å². The van der Waals surface area contributed by atoms with Crippen molar-refractivity contribution in [1.82, 2.24) is 4.90 Å². The third-order valence-electron chi connectivity index (χ3n) is 3.16. The van der Waals surface area contributed by atoms with Gasteiger partial charge in [0.25, 0.3) is 0 Å². The van der Waals surface area contributed by atoms with Gasteiger partial charge in [-0.3, -0.25) is 4.79 Å². The number of benzene rings is 2. The molecule has 0 aliphatic carbocycles. The second kappa shape index (κ2) is 8.11. The summed E-state index contributed by atoms with van der Waals surface area (Å²) >= 11 is 0. The van der Waals surface area contributed by atoms with Gasteiger partial charge in [-0.1, -0.05) is 36.4 Å². The molecule has 22 heavy (non-hydrogen) atoms. The van der Waals surface area contributed by atoms with Crippen LogP contribution in [0.2, 0.25) is 0 Å². The first-order valence-electron chi connectivity index (χ1n) is 6.34. The van der Waals surface area contributed by atoms with Gasteiger partial charge in [-0.15, -0.1) is 0 Å². The topological polar surface area (TPSA) is 49.4 Å². The Morgan fingerprint density at radius 1 is 1.05 bits per heavy atom. The van der Waals surface area contributed by atoms with E-state index in [2.05, 4.69) is 5.32 Å². The number of carbonyl (C=O) groups is 2. The predicted molar refractivity (Wildman–Crippen MR) is 82.1 cm³/mol. The molecule has 1 aliphatic heterocycles. The zero-order chi connectivity index (χ0) is 13.9. The molecule has 1 N–H and O–H groups in total. The van der Waals surface area contributed by atoms with Gasteiger partial charge in [-0.25, -0.2) is 6.54 Å². The Morgan fingerprint density at radius 2 is 1.68 bits per heavy atom. The van der Waals surface area contributed by atoms with Gasteiger partial charge in [-0.2, -0.15) is 0 Å². The molecular weight excluding hydrogens is 353 g/mol. The van der Waals surface area contributed by atoms with Crippen LogP contribution in [0.15, 0.2) is 54.6 Å². The van der Waals surface area contributed by atoms with Crippen molar-refractivity contribution in [3.05, 3.63) is 79.7 Å². The number of hydrogen-bond acceptors (Lipinski definition) is 2. The van der Waals surface area contributed by atoms with Crippen LogP contribution in [0.5, 0.6) is 0 Å². The van der Waals surface area contributed by atoms with Crippen LogP contribution < -0.4 is 5.32 Å². The van der Waals surface area contributed by atoms with Crippen LogP contribution in [0.1, 0.15) is 15.9 Å². The van der Waals surface area contributed by atoms with Crippen molar-refractivity contribution >= 4 is 17.5 Å². The molecule has 111 valence electrons. The van der Waals surface area contributed by atoms with E-state index in [0.717, 1.165) is 5.56 Å². The number of hydrogen-bond donors (Lipinski definition) is 1. The Labute approximate surface area is 155 Å². The van der Waals surface area contributed by atoms with Crippen molar-refractivity contribution in [3.63, 3.8) is 0 Å². The fourth-order valence-electron chi connectivity index (χ4n) is 2.22. The number of carbonyl (C=O) groups excluding carboxylic acids is 2. The molecule has 0 bridgehead atoms. The fourth-order valence-corrected chi connectivity index (χ4v) is 2.22. The molecule has 2 aromatic carbocycles. The van der Waals surface area contributed by atoms with Crippen molar-refractivity contribution in [1.29, 1.82) is 0 Å². The molecule has 0 saturated carbocycles. The molecule has 2 amide bonds. The minimum absolute atomic E-state index is 0. The minimum Gasteiger partial charge on any atom is -0.461 e. The summed E-state index contributed by atoms with van der Waals surface area (Å²) in [5, 5.41) is 2.73. The molecule has 1 aliphatic rings. The first kappa shape index (κ1) is 18.4. The van der Waals surface area contributed by atoms with Crippen molar-refractivity contribution in [3.8, 4) is 0 Å². The average Bonchev–Trinajstić information content (AvgIpc) is 2.77. The quantitative estimate of drug-likeness (QED) is 0.846. The Balaban J connectivity index is 0.00000121. The van der Waals surface area contributed by atoms with Gasteiger partial charge in [0.15, 0.2) is 0 Å². The summed E-state index contributed by atoms with van der Waals surface area (Å²) in [6, 6.07) is 16.5. The normalized spacial score (nSPS) is 11.8. The predicted octanol–water partition coefficient (Wildman–Crippen LogP) is 2.89. The fraction of sp³-hybridized carbons (Fsp3) is 0.0588. The molecule has 0 unspecified atom stereocenters. The summed E-state index contributed by atoms with van der Waals surface area (Å²) < 4.78 is 0. The first-order valence-corrected chi connectivity index (χ1v) is 6.34. The van der Waals surface area contributed by atoms with Crippen LogP contribution >= 0.6 is 0 Å². The number of rotatable bonds is 3. The molecule has 0 spiro atoms. The van der Waals surface area contributed by atoms with Crippen LogP contribution in [0.4, 0.5) is 5.69 Å². The molecule has 1 heterocycles. The van der Waals surface area contributed by atoms with Gasteiger partial charge in [0, 0.05) is 50.5 Å². The van der Waals surface area contributed by atoms with Gasteiger partial charge < -0.3 is 22.4 Å². The maximum Gasteiger partial charge on any atom is 0.228 e. The Kier molecular flexibility index (Phi) is 6.78. The molecule has 3 rings (SSSR count). The number of nitrogens with zero attached hydrogens (tertiary/aromatic N) is 1. The number of anilines is 1. The number of para-hydroxylation sites is 1. The Morgan fingerprint density at radius 3 is 2.36 bits per heavy atom. The maximum absolute atomic E-state index is 12.1.